The third-order valence-electron chi connectivity index (χ3n) is 3.21. The summed E-state index contributed by atoms with van der Waals surface area (Å²) >= 11 is 0. The normalized spacial score (nSPS) is 20.6. The summed E-state index contributed by atoms with van der Waals surface area (Å²) in [6.07, 6.45) is 3.76. The van der Waals surface area contributed by atoms with Crippen LogP contribution in [0.1, 0.15) is 42.3 Å². The predicted molar refractivity (Wildman–Crippen MR) is 53.6 cm³/mol. The highest BCUT2D eigenvalue weighted by Crippen LogP contribution is 2.35. The molecule has 1 aliphatic heterocycles. The number of fused-ring (bicyclic) bond motifs is 1. The molecule has 4 nitrogen and oxygen atoms in total. The lowest BCUT2D eigenvalue weighted by molar-refractivity contribution is 0.401. The van der Waals surface area contributed by atoms with Gasteiger partial charge in [-0.1, -0.05) is 6.42 Å². The number of nitrogens with two attached hydrogens (primary N) is 1. The zero-order valence-electron chi connectivity index (χ0n) is 8.08. The molecule has 1 saturated carbocycles. The van der Waals surface area contributed by atoms with Crippen LogP contribution in [0.15, 0.2) is 0 Å². The van der Waals surface area contributed by atoms with Crippen LogP contribution >= 0.6 is 0 Å². The maximum Gasteiger partial charge on any atom is 0.134 e. The van der Waals surface area contributed by atoms with Crippen LogP contribution in [-0.4, -0.2) is 9.97 Å². The number of hydrogen-bond acceptors (Lipinski definition) is 4. The average molecular weight is 190 g/mol. The summed E-state index contributed by atoms with van der Waals surface area (Å²) in [5, 5.41) is 3.25. The first-order chi connectivity index (χ1) is 6.84. The summed E-state index contributed by atoms with van der Waals surface area (Å²) in [4.78, 5) is 8.98. The van der Waals surface area contributed by atoms with E-state index in [0.717, 1.165) is 30.2 Å². The van der Waals surface area contributed by atoms with Crippen molar-refractivity contribution in [2.75, 3.05) is 5.73 Å². The number of anilines is 1. The molecule has 3 rings (SSSR count). The summed E-state index contributed by atoms with van der Waals surface area (Å²) in [7, 11) is 0. The van der Waals surface area contributed by atoms with Gasteiger partial charge in [0.05, 0.1) is 5.69 Å². The van der Waals surface area contributed by atoms with Crippen molar-refractivity contribution in [3.05, 3.63) is 17.1 Å². The van der Waals surface area contributed by atoms with Crippen molar-refractivity contribution < 1.29 is 0 Å². The first kappa shape index (κ1) is 8.17. The van der Waals surface area contributed by atoms with Crippen molar-refractivity contribution in [1.29, 1.82) is 0 Å². The Hall–Kier alpha value is -1.16. The van der Waals surface area contributed by atoms with Crippen molar-refractivity contribution in [3.8, 4) is 0 Å². The molecule has 0 atom stereocenters. The highest BCUT2D eigenvalue weighted by atomic mass is 15.0. The van der Waals surface area contributed by atoms with Gasteiger partial charge in [0.15, 0.2) is 0 Å². The maximum absolute atomic E-state index is 5.90. The quantitative estimate of drug-likeness (QED) is 0.691. The number of nitrogens with one attached hydrogen (secondary N) is 1. The number of nitrogens with zero attached hydrogens (tertiary/aromatic N) is 2. The molecule has 14 heavy (non-hydrogen) atoms. The van der Waals surface area contributed by atoms with E-state index in [4.69, 9.17) is 5.73 Å². The molecule has 2 heterocycles. The van der Waals surface area contributed by atoms with Gasteiger partial charge in [0.1, 0.15) is 11.6 Å². The van der Waals surface area contributed by atoms with Crippen molar-refractivity contribution in [2.24, 2.45) is 0 Å². The smallest absolute Gasteiger partial charge is 0.134 e. The second-order valence-corrected chi connectivity index (χ2v) is 4.12. The van der Waals surface area contributed by atoms with Crippen LogP contribution in [0, 0.1) is 0 Å². The van der Waals surface area contributed by atoms with Gasteiger partial charge >= 0.3 is 0 Å². The lowest BCUT2D eigenvalue weighted by Gasteiger charge is -2.24. The van der Waals surface area contributed by atoms with E-state index in [1.165, 1.54) is 19.3 Å². The standard InChI is InChI=1S/C10H14N4/c11-9-7-4-12-5-8(7)13-10(14-9)6-2-1-3-6/h6,12H,1-5H2,(H2,11,13,14). The third-order valence-corrected chi connectivity index (χ3v) is 3.21. The second kappa shape index (κ2) is 2.92. The van der Waals surface area contributed by atoms with Crippen molar-refractivity contribution in [2.45, 2.75) is 38.3 Å². The summed E-state index contributed by atoms with van der Waals surface area (Å²) in [5.41, 5.74) is 8.11. The zero-order chi connectivity index (χ0) is 9.54. The van der Waals surface area contributed by atoms with Crippen LogP contribution in [0.25, 0.3) is 0 Å². The Labute approximate surface area is 82.9 Å². The Kier molecular flexibility index (Phi) is 1.70. The topological polar surface area (TPSA) is 63.8 Å². The number of rotatable bonds is 1. The number of aromatic nitrogens is 2. The Morgan fingerprint density at radius 2 is 2.07 bits per heavy atom. The molecule has 2 aliphatic rings. The van der Waals surface area contributed by atoms with Crippen molar-refractivity contribution >= 4 is 5.82 Å². The van der Waals surface area contributed by atoms with Gasteiger partial charge in [-0.25, -0.2) is 9.97 Å². The minimum Gasteiger partial charge on any atom is -0.383 e. The van der Waals surface area contributed by atoms with E-state index in [1.807, 2.05) is 0 Å². The minimum absolute atomic E-state index is 0.572. The summed E-state index contributed by atoms with van der Waals surface area (Å²) in [6, 6.07) is 0. The molecule has 3 N–H and O–H groups in total. The molecule has 1 aromatic heterocycles. The fraction of sp³-hybridized carbons (Fsp3) is 0.600. The molecule has 0 radical (unpaired) electrons. The lowest BCUT2D eigenvalue weighted by atomic mass is 9.85. The molecule has 1 aliphatic carbocycles. The summed E-state index contributed by atoms with van der Waals surface area (Å²) in [6.45, 7) is 1.67. The molecule has 0 bridgehead atoms. The van der Waals surface area contributed by atoms with Gasteiger partial charge in [-0.3, -0.25) is 0 Å². The van der Waals surface area contributed by atoms with E-state index >= 15 is 0 Å². The van der Waals surface area contributed by atoms with Crippen LogP contribution in [0.3, 0.4) is 0 Å². The fourth-order valence-corrected chi connectivity index (χ4v) is 2.06. The minimum atomic E-state index is 0.572. The predicted octanol–water partition coefficient (Wildman–Crippen LogP) is 0.929. The van der Waals surface area contributed by atoms with Gasteiger partial charge in [0.25, 0.3) is 0 Å². The molecular weight excluding hydrogens is 176 g/mol. The molecule has 0 unspecified atom stereocenters. The second-order valence-electron chi connectivity index (χ2n) is 4.12. The van der Waals surface area contributed by atoms with E-state index < -0.39 is 0 Å². The molecule has 0 saturated heterocycles. The molecular formula is C10H14N4. The molecule has 1 aromatic rings. The number of nitrogen functional groups attached to an aromatic ring is 1. The zero-order valence-corrected chi connectivity index (χ0v) is 8.08. The molecule has 0 amide bonds. The highest BCUT2D eigenvalue weighted by Gasteiger charge is 2.25. The van der Waals surface area contributed by atoms with Gasteiger partial charge in [-0.15, -0.1) is 0 Å². The van der Waals surface area contributed by atoms with Crippen LogP contribution in [0.4, 0.5) is 5.82 Å². The van der Waals surface area contributed by atoms with E-state index in [0.29, 0.717) is 11.7 Å². The Balaban J connectivity index is 2.02. The van der Waals surface area contributed by atoms with Gasteiger partial charge in [0, 0.05) is 24.6 Å². The van der Waals surface area contributed by atoms with Crippen LogP contribution < -0.4 is 11.1 Å². The highest BCUT2D eigenvalue weighted by molar-refractivity contribution is 5.44. The Bertz CT molecular complexity index is 371. The van der Waals surface area contributed by atoms with E-state index in [1.54, 1.807) is 0 Å². The van der Waals surface area contributed by atoms with Crippen LogP contribution in [-0.2, 0) is 13.1 Å². The summed E-state index contributed by atoms with van der Waals surface area (Å²) < 4.78 is 0. The SMILES string of the molecule is Nc1nc(C2CCC2)nc2c1CNC2. The van der Waals surface area contributed by atoms with Crippen LogP contribution in [0.2, 0.25) is 0 Å². The van der Waals surface area contributed by atoms with Gasteiger partial charge < -0.3 is 11.1 Å². The molecule has 0 aromatic carbocycles. The van der Waals surface area contributed by atoms with Crippen molar-refractivity contribution in [3.63, 3.8) is 0 Å². The van der Waals surface area contributed by atoms with E-state index in [2.05, 4.69) is 15.3 Å². The van der Waals surface area contributed by atoms with Gasteiger partial charge in [0.2, 0.25) is 0 Å². The Morgan fingerprint density at radius 1 is 1.21 bits per heavy atom. The molecule has 74 valence electrons. The Morgan fingerprint density at radius 3 is 2.79 bits per heavy atom. The van der Waals surface area contributed by atoms with E-state index in [-0.39, 0.29) is 0 Å². The first-order valence-electron chi connectivity index (χ1n) is 5.20. The fourth-order valence-electron chi connectivity index (χ4n) is 2.06. The maximum atomic E-state index is 5.90. The molecule has 1 fully saturated rings. The molecule has 4 heteroatoms. The number of hydrogen-bond donors (Lipinski definition) is 2. The lowest BCUT2D eigenvalue weighted by Crippen LogP contribution is -2.15. The van der Waals surface area contributed by atoms with Crippen LogP contribution in [0.5, 0.6) is 0 Å². The largest absolute Gasteiger partial charge is 0.383 e. The monoisotopic (exact) mass is 190 g/mol. The molecule has 0 spiro atoms. The van der Waals surface area contributed by atoms with Crippen molar-refractivity contribution in [1.82, 2.24) is 15.3 Å². The van der Waals surface area contributed by atoms with Gasteiger partial charge in [-0.2, -0.15) is 0 Å². The van der Waals surface area contributed by atoms with E-state index in [9.17, 15) is 0 Å². The summed E-state index contributed by atoms with van der Waals surface area (Å²) in [5.74, 6) is 2.22. The average Bonchev–Trinajstić information content (AvgIpc) is 2.48. The van der Waals surface area contributed by atoms with Gasteiger partial charge in [-0.05, 0) is 12.8 Å². The first-order valence-corrected chi connectivity index (χ1v) is 5.20. The third kappa shape index (κ3) is 1.10.